The first-order chi connectivity index (χ1) is 10.3. The quantitative estimate of drug-likeness (QED) is 0.745. The van der Waals surface area contributed by atoms with E-state index in [4.69, 9.17) is 4.74 Å². The minimum absolute atomic E-state index is 0.207. The van der Waals surface area contributed by atoms with Gasteiger partial charge in [-0.1, -0.05) is 16.6 Å². The fourth-order valence-corrected chi connectivity index (χ4v) is 2.63. The third kappa shape index (κ3) is 2.66. The van der Waals surface area contributed by atoms with Gasteiger partial charge in [-0.25, -0.2) is 0 Å². The molecular weight excluding hydrogens is 292 g/mol. The maximum atomic E-state index is 9.45. The first kappa shape index (κ1) is 13.7. The summed E-state index contributed by atoms with van der Waals surface area (Å²) in [5.74, 6) is 0. The number of aliphatic hydroxyl groups excluding tert-OH is 1. The van der Waals surface area contributed by atoms with Gasteiger partial charge in [0.25, 0.3) is 0 Å². The van der Waals surface area contributed by atoms with Crippen LogP contribution in [0.2, 0.25) is 0 Å². The SMILES string of the molecule is COCc1nnc(-n2nnc(CO)c2-c2ccncc2)s1. The lowest BCUT2D eigenvalue weighted by molar-refractivity contribution is 0.184. The van der Waals surface area contributed by atoms with Gasteiger partial charge in [0, 0.05) is 25.1 Å². The summed E-state index contributed by atoms with van der Waals surface area (Å²) in [5.41, 5.74) is 2.01. The summed E-state index contributed by atoms with van der Waals surface area (Å²) in [6.07, 6.45) is 3.34. The molecule has 0 aromatic carbocycles. The molecule has 0 aliphatic rings. The van der Waals surface area contributed by atoms with Crippen molar-refractivity contribution in [1.82, 2.24) is 30.2 Å². The number of ether oxygens (including phenoxy) is 1. The van der Waals surface area contributed by atoms with Crippen molar-refractivity contribution in [3.63, 3.8) is 0 Å². The van der Waals surface area contributed by atoms with E-state index in [1.807, 2.05) is 12.1 Å². The molecule has 8 nitrogen and oxygen atoms in total. The van der Waals surface area contributed by atoms with Crippen LogP contribution < -0.4 is 0 Å². The summed E-state index contributed by atoms with van der Waals surface area (Å²) in [7, 11) is 1.60. The summed E-state index contributed by atoms with van der Waals surface area (Å²) in [5, 5.41) is 26.9. The van der Waals surface area contributed by atoms with Crippen LogP contribution in [0.25, 0.3) is 16.4 Å². The first-order valence-corrected chi connectivity index (χ1v) is 6.92. The van der Waals surface area contributed by atoms with Crippen LogP contribution in [0.1, 0.15) is 10.7 Å². The summed E-state index contributed by atoms with van der Waals surface area (Å²) in [6.45, 7) is 0.186. The van der Waals surface area contributed by atoms with Gasteiger partial charge in [-0.2, -0.15) is 4.68 Å². The number of pyridine rings is 1. The van der Waals surface area contributed by atoms with E-state index >= 15 is 0 Å². The van der Waals surface area contributed by atoms with Crippen LogP contribution >= 0.6 is 11.3 Å². The standard InChI is InChI=1S/C12H12N6O2S/c1-20-7-10-15-16-12(21-10)18-11(9(6-19)14-17-18)8-2-4-13-5-3-8/h2-5,19H,6-7H2,1H3. The van der Waals surface area contributed by atoms with Crippen LogP contribution in [0.4, 0.5) is 0 Å². The molecule has 0 radical (unpaired) electrons. The molecule has 3 aromatic heterocycles. The molecule has 0 aliphatic carbocycles. The van der Waals surface area contributed by atoms with Gasteiger partial charge < -0.3 is 9.84 Å². The lowest BCUT2D eigenvalue weighted by atomic mass is 10.1. The van der Waals surface area contributed by atoms with Crippen LogP contribution in [0, 0.1) is 0 Å². The number of hydrogen-bond acceptors (Lipinski definition) is 8. The van der Waals surface area contributed by atoms with Crippen LogP contribution in [0.3, 0.4) is 0 Å². The zero-order chi connectivity index (χ0) is 14.7. The monoisotopic (exact) mass is 304 g/mol. The zero-order valence-corrected chi connectivity index (χ0v) is 12.0. The van der Waals surface area contributed by atoms with Crippen molar-refractivity contribution in [3.8, 4) is 16.4 Å². The van der Waals surface area contributed by atoms with Crippen LogP contribution in [0.15, 0.2) is 24.5 Å². The van der Waals surface area contributed by atoms with E-state index in [0.717, 1.165) is 10.6 Å². The highest BCUT2D eigenvalue weighted by atomic mass is 32.1. The highest BCUT2D eigenvalue weighted by molar-refractivity contribution is 7.13. The maximum Gasteiger partial charge on any atom is 0.234 e. The number of aliphatic hydroxyl groups is 1. The fraction of sp³-hybridized carbons (Fsp3) is 0.250. The second-order valence-electron chi connectivity index (χ2n) is 4.10. The van der Waals surface area contributed by atoms with E-state index in [2.05, 4.69) is 25.5 Å². The Hall–Kier alpha value is -2.23. The molecule has 0 aliphatic heterocycles. The van der Waals surface area contributed by atoms with Gasteiger partial charge in [-0.05, 0) is 12.1 Å². The third-order valence-corrected chi connectivity index (χ3v) is 3.62. The maximum absolute atomic E-state index is 9.45. The molecule has 3 rings (SSSR count). The molecule has 3 aromatic rings. The molecule has 21 heavy (non-hydrogen) atoms. The van der Waals surface area contributed by atoms with E-state index < -0.39 is 0 Å². The Morgan fingerprint density at radius 2 is 2.05 bits per heavy atom. The van der Waals surface area contributed by atoms with E-state index in [1.165, 1.54) is 11.3 Å². The van der Waals surface area contributed by atoms with Crippen molar-refractivity contribution in [2.75, 3.05) is 7.11 Å². The lowest BCUT2D eigenvalue weighted by Crippen LogP contribution is -2.00. The highest BCUT2D eigenvalue weighted by Crippen LogP contribution is 2.26. The number of aromatic nitrogens is 6. The second-order valence-corrected chi connectivity index (χ2v) is 5.14. The molecule has 0 atom stereocenters. The fourth-order valence-electron chi connectivity index (χ4n) is 1.86. The highest BCUT2D eigenvalue weighted by Gasteiger charge is 2.18. The van der Waals surface area contributed by atoms with Gasteiger partial charge in [0.05, 0.1) is 6.61 Å². The Labute approximate surface area is 124 Å². The van der Waals surface area contributed by atoms with Gasteiger partial charge in [0.1, 0.15) is 23.0 Å². The largest absolute Gasteiger partial charge is 0.390 e. The molecule has 1 N–H and O–H groups in total. The third-order valence-electron chi connectivity index (χ3n) is 2.75. The topological polar surface area (TPSA) is 98.8 Å². The Kier molecular flexibility index (Phi) is 3.95. The Bertz CT molecular complexity index is 726. The Morgan fingerprint density at radius 1 is 1.24 bits per heavy atom. The Balaban J connectivity index is 2.08. The minimum Gasteiger partial charge on any atom is -0.390 e. The predicted octanol–water partition coefficient (Wildman–Crippen LogP) is 0.819. The average molecular weight is 304 g/mol. The van der Waals surface area contributed by atoms with Crippen molar-refractivity contribution in [2.24, 2.45) is 0 Å². The zero-order valence-electron chi connectivity index (χ0n) is 11.2. The van der Waals surface area contributed by atoms with Gasteiger partial charge in [-0.15, -0.1) is 15.3 Å². The van der Waals surface area contributed by atoms with Crippen molar-refractivity contribution < 1.29 is 9.84 Å². The first-order valence-electron chi connectivity index (χ1n) is 6.11. The van der Waals surface area contributed by atoms with Crippen LogP contribution in [0.5, 0.6) is 0 Å². The van der Waals surface area contributed by atoms with E-state index in [9.17, 15) is 5.11 Å². The van der Waals surface area contributed by atoms with Crippen molar-refractivity contribution >= 4 is 11.3 Å². The smallest absolute Gasteiger partial charge is 0.234 e. The van der Waals surface area contributed by atoms with E-state index in [0.29, 0.717) is 23.1 Å². The summed E-state index contributed by atoms with van der Waals surface area (Å²) in [4.78, 5) is 3.99. The second kappa shape index (κ2) is 6.04. The van der Waals surface area contributed by atoms with Crippen molar-refractivity contribution in [2.45, 2.75) is 13.2 Å². The molecule has 0 spiro atoms. The van der Waals surface area contributed by atoms with Crippen molar-refractivity contribution in [3.05, 3.63) is 35.2 Å². The van der Waals surface area contributed by atoms with Gasteiger partial charge in [0.2, 0.25) is 5.13 Å². The number of rotatable bonds is 5. The van der Waals surface area contributed by atoms with E-state index in [-0.39, 0.29) is 6.61 Å². The normalized spacial score (nSPS) is 11.0. The lowest BCUT2D eigenvalue weighted by Gasteiger charge is -2.03. The summed E-state index contributed by atoms with van der Waals surface area (Å²) < 4.78 is 6.60. The minimum atomic E-state index is -0.207. The molecule has 0 saturated carbocycles. The molecule has 0 bridgehead atoms. The molecule has 0 unspecified atom stereocenters. The number of hydrogen-bond donors (Lipinski definition) is 1. The molecule has 0 fully saturated rings. The average Bonchev–Trinajstić information content (AvgIpc) is 3.14. The van der Waals surface area contributed by atoms with Gasteiger partial charge >= 0.3 is 0 Å². The van der Waals surface area contributed by atoms with Crippen LogP contribution in [-0.2, 0) is 18.0 Å². The summed E-state index contributed by atoms with van der Waals surface area (Å²) in [6, 6.07) is 3.65. The molecule has 0 amide bonds. The van der Waals surface area contributed by atoms with Gasteiger partial charge in [-0.3, -0.25) is 4.98 Å². The van der Waals surface area contributed by atoms with Crippen LogP contribution in [-0.4, -0.2) is 42.4 Å². The molecule has 108 valence electrons. The Morgan fingerprint density at radius 3 is 2.76 bits per heavy atom. The molecule has 9 heteroatoms. The van der Waals surface area contributed by atoms with E-state index in [1.54, 1.807) is 24.2 Å². The number of methoxy groups -OCH3 is 1. The molecule has 3 heterocycles. The molecular formula is C12H12N6O2S. The van der Waals surface area contributed by atoms with Gasteiger partial charge in [0.15, 0.2) is 0 Å². The van der Waals surface area contributed by atoms with Crippen molar-refractivity contribution in [1.29, 1.82) is 0 Å². The summed E-state index contributed by atoms with van der Waals surface area (Å²) >= 11 is 1.36. The number of nitrogens with zero attached hydrogens (tertiary/aromatic N) is 6. The molecule has 0 saturated heterocycles. The predicted molar refractivity (Wildman–Crippen MR) is 74.7 cm³/mol.